The fraction of sp³-hybridized carbons (Fsp3) is 0.538. The number of hydrogen-bond donors (Lipinski definition) is 1. The van der Waals surface area contributed by atoms with Crippen LogP contribution in [0.5, 0.6) is 0 Å². The molecule has 2 rings (SSSR count). The van der Waals surface area contributed by atoms with E-state index in [2.05, 4.69) is 5.32 Å². The average Bonchev–Trinajstić information content (AvgIpc) is 2.37. The van der Waals surface area contributed by atoms with Crippen molar-refractivity contribution in [3.8, 4) is 0 Å². The molecular formula is C13H13F7N2. The molecule has 1 aromatic carbocycles. The van der Waals surface area contributed by atoms with E-state index in [0.717, 1.165) is 4.90 Å². The molecule has 1 N–H and O–H groups in total. The average molecular weight is 330 g/mol. The van der Waals surface area contributed by atoms with E-state index in [1.165, 1.54) is 0 Å². The number of nitrogens with one attached hydrogen (secondary N) is 1. The molecule has 0 saturated carbocycles. The number of piperazine rings is 1. The van der Waals surface area contributed by atoms with Gasteiger partial charge in [-0.05, 0) is 17.7 Å². The van der Waals surface area contributed by atoms with Crippen molar-refractivity contribution in [3.05, 3.63) is 35.1 Å². The highest BCUT2D eigenvalue weighted by Crippen LogP contribution is 2.40. The van der Waals surface area contributed by atoms with Crippen molar-refractivity contribution in [3.63, 3.8) is 0 Å². The predicted octanol–water partition coefficient (Wildman–Crippen LogP) is 3.35. The highest BCUT2D eigenvalue weighted by molar-refractivity contribution is 5.29. The summed E-state index contributed by atoms with van der Waals surface area (Å²) in [5, 5.41) is 2.88. The highest BCUT2D eigenvalue weighted by Gasteiger charge is 2.45. The van der Waals surface area contributed by atoms with Gasteiger partial charge in [0.25, 0.3) is 0 Å². The van der Waals surface area contributed by atoms with Gasteiger partial charge in [-0.3, -0.25) is 4.90 Å². The third kappa shape index (κ3) is 3.70. The van der Waals surface area contributed by atoms with Gasteiger partial charge in [-0.1, -0.05) is 6.07 Å². The number of hydrogen-bond acceptors (Lipinski definition) is 2. The van der Waals surface area contributed by atoms with Crippen molar-refractivity contribution in [1.29, 1.82) is 0 Å². The lowest BCUT2D eigenvalue weighted by atomic mass is 10.0. The Bertz CT molecular complexity index is 518. The summed E-state index contributed by atoms with van der Waals surface area (Å²) in [7, 11) is 0. The molecule has 1 aromatic rings. The zero-order valence-corrected chi connectivity index (χ0v) is 11.2. The van der Waals surface area contributed by atoms with Crippen LogP contribution in [0, 0.1) is 5.82 Å². The molecule has 0 amide bonds. The first-order valence-corrected chi connectivity index (χ1v) is 6.49. The molecule has 0 aromatic heterocycles. The molecule has 0 bridgehead atoms. The molecular weight excluding hydrogens is 317 g/mol. The summed E-state index contributed by atoms with van der Waals surface area (Å²) in [6.45, 7) is 0.811. The number of alkyl halides is 6. The van der Waals surface area contributed by atoms with Crippen LogP contribution in [-0.4, -0.2) is 37.3 Å². The summed E-state index contributed by atoms with van der Waals surface area (Å²) < 4.78 is 90.8. The molecule has 1 fully saturated rings. The second kappa shape index (κ2) is 6.04. The van der Waals surface area contributed by atoms with Gasteiger partial charge in [-0.15, -0.1) is 0 Å². The van der Waals surface area contributed by atoms with Gasteiger partial charge in [-0.2, -0.15) is 26.3 Å². The lowest BCUT2D eigenvalue weighted by Gasteiger charge is -2.36. The first kappa shape index (κ1) is 17.0. The van der Waals surface area contributed by atoms with Gasteiger partial charge in [-0.25, -0.2) is 4.39 Å². The Morgan fingerprint density at radius 2 is 1.59 bits per heavy atom. The van der Waals surface area contributed by atoms with Gasteiger partial charge in [0.05, 0.1) is 5.56 Å². The van der Waals surface area contributed by atoms with Crippen molar-refractivity contribution in [2.75, 3.05) is 26.2 Å². The molecule has 0 radical (unpaired) electrons. The Balaban J connectivity index is 2.38. The maximum absolute atomic E-state index is 13.5. The van der Waals surface area contributed by atoms with E-state index in [0.29, 0.717) is 31.3 Å². The molecule has 2 nitrogen and oxygen atoms in total. The minimum absolute atomic E-state index is 0.0762. The maximum Gasteiger partial charge on any atom is 0.419 e. The summed E-state index contributed by atoms with van der Waals surface area (Å²) in [5.74, 6) is -1.70. The molecule has 0 unspecified atom stereocenters. The SMILES string of the molecule is Fc1cc([C@@H](N2CCNCC2)C(F)(F)F)ccc1C(F)(F)F. The predicted molar refractivity (Wildman–Crippen MR) is 64.6 cm³/mol. The Labute approximate surface area is 121 Å². The minimum Gasteiger partial charge on any atom is -0.314 e. The van der Waals surface area contributed by atoms with Gasteiger partial charge in [0.15, 0.2) is 0 Å². The Hall–Kier alpha value is -1.35. The third-order valence-corrected chi connectivity index (χ3v) is 3.44. The van der Waals surface area contributed by atoms with Crippen LogP contribution in [0.3, 0.4) is 0 Å². The summed E-state index contributed by atoms with van der Waals surface area (Å²) in [6, 6.07) is -0.757. The molecule has 0 aliphatic carbocycles. The topological polar surface area (TPSA) is 15.3 Å². The van der Waals surface area contributed by atoms with Crippen LogP contribution in [0.4, 0.5) is 30.7 Å². The van der Waals surface area contributed by atoms with E-state index < -0.39 is 35.3 Å². The van der Waals surface area contributed by atoms with Crippen molar-refractivity contribution in [1.82, 2.24) is 10.2 Å². The van der Waals surface area contributed by atoms with E-state index in [9.17, 15) is 30.7 Å². The van der Waals surface area contributed by atoms with Crippen molar-refractivity contribution >= 4 is 0 Å². The van der Waals surface area contributed by atoms with Gasteiger partial charge in [0.2, 0.25) is 0 Å². The fourth-order valence-electron chi connectivity index (χ4n) is 2.48. The number of nitrogens with zero attached hydrogens (tertiary/aromatic N) is 1. The van der Waals surface area contributed by atoms with E-state index >= 15 is 0 Å². The summed E-state index contributed by atoms with van der Waals surface area (Å²) in [4.78, 5) is 1.08. The molecule has 1 aliphatic heterocycles. The molecule has 1 heterocycles. The lowest BCUT2D eigenvalue weighted by molar-refractivity contribution is -0.187. The maximum atomic E-state index is 13.5. The van der Waals surface area contributed by atoms with Crippen molar-refractivity contribution in [2.24, 2.45) is 0 Å². The number of benzene rings is 1. The Kier molecular flexibility index (Phi) is 4.67. The molecule has 1 atom stereocenters. The molecule has 9 heteroatoms. The quantitative estimate of drug-likeness (QED) is 0.837. The van der Waals surface area contributed by atoms with Crippen molar-refractivity contribution < 1.29 is 30.7 Å². The second-order valence-electron chi connectivity index (χ2n) is 4.97. The molecule has 22 heavy (non-hydrogen) atoms. The molecule has 0 spiro atoms. The monoisotopic (exact) mass is 330 g/mol. The standard InChI is InChI=1S/C13H13F7N2/c14-10-7-8(1-2-9(10)12(15,16)17)11(13(18,19)20)22-5-3-21-4-6-22/h1-2,7,11,21H,3-6H2/t11-/m1/s1. The first-order chi connectivity index (χ1) is 10.1. The number of rotatable bonds is 2. The number of halogens is 7. The van der Waals surface area contributed by atoms with Gasteiger partial charge in [0.1, 0.15) is 11.9 Å². The highest BCUT2D eigenvalue weighted by atomic mass is 19.4. The summed E-state index contributed by atoms with van der Waals surface area (Å²) >= 11 is 0. The van der Waals surface area contributed by atoms with E-state index in [1.807, 2.05) is 0 Å². The van der Waals surface area contributed by atoms with Crippen molar-refractivity contribution in [2.45, 2.75) is 18.4 Å². The molecule has 1 aliphatic rings. The van der Waals surface area contributed by atoms with Gasteiger partial charge >= 0.3 is 12.4 Å². The fourth-order valence-corrected chi connectivity index (χ4v) is 2.48. The van der Waals surface area contributed by atoms with Gasteiger partial charge in [0, 0.05) is 26.2 Å². The third-order valence-electron chi connectivity index (χ3n) is 3.44. The first-order valence-electron chi connectivity index (χ1n) is 6.49. The van der Waals surface area contributed by atoms with Crippen LogP contribution in [-0.2, 0) is 6.18 Å². The van der Waals surface area contributed by atoms with Crippen LogP contribution < -0.4 is 5.32 Å². The van der Waals surface area contributed by atoms with Crippen LogP contribution in [0.25, 0.3) is 0 Å². The smallest absolute Gasteiger partial charge is 0.314 e. The van der Waals surface area contributed by atoms with Crippen LogP contribution in [0.15, 0.2) is 18.2 Å². The normalized spacial score (nSPS) is 19.2. The van der Waals surface area contributed by atoms with E-state index in [-0.39, 0.29) is 13.1 Å². The lowest BCUT2D eigenvalue weighted by Crippen LogP contribution is -2.49. The van der Waals surface area contributed by atoms with E-state index in [4.69, 9.17) is 0 Å². The van der Waals surface area contributed by atoms with E-state index in [1.54, 1.807) is 0 Å². The second-order valence-corrected chi connectivity index (χ2v) is 4.97. The van der Waals surface area contributed by atoms with Gasteiger partial charge < -0.3 is 5.32 Å². The summed E-state index contributed by atoms with van der Waals surface area (Å²) in [6.07, 6.45) is -9.64. The van der Waals surface area contributed by atoms with Crippen LogP contribution >= 0.6 is 0 Å². The van der Waals surface area contributed by atoms with Crippen LogP contribution in [0.2, 0.25) is 0 Å². The molecule has 124 valence electrons. The Morgan fingerprint density at radius 3 is 2.05 bits per heavy atom. The molecule has 1 saturated heterocycles. The minimum atomic E-state index is -4.94. The zero-order valence-electron chi connectivity index (χ0n) is 11.2. The Morgan fingerprint density at radius 1 is 1.00 bits per heavy atom. The van der Waals surface area contributed by atoms with Crippen LogP contribution in [0.1, 0.15) is 17.2 Å². The summed E-state index contributed by atoms with van der Waals surface area (Å²) in [5.41, 5.74) is -2.10. The zero-order chi connectivity index (χ0) is 16.5. The largest absolute Gasteiger partial charge is 0.419 e.